The van der Waals surface area contributed by atoms with Crippen molar-refractivity contribution in [3.63, 3.8) is 0 Å². The largest absolute Gasteiger partial charge is 0.334 e. The molecule has 0 radical (unpaired) electrons. The minimum Gasteiger partial charge on any atom is -0.334 e. The second-order valence-corrected chi connectivity index (χ2v) is 3.34. The predicted octanol–water partition coefficient (Wildman–Crippen LogP) is 1.22. The summed E-state index contributed by atoms with van der Waals surface area (Å²) in [4.78, 5) is 11.7. The van der Waals surface area contributed by atoms with E-state index < -0.39 is 5.54 Å². The van der Waals surface area contributed by atoms with Crippen LogP contribution < -0.4 is 5.32 Å². The SMILES string of the molecule is CCC(C#N)(CC)NC(=O)c1cn[nH]c1. The fourth-order valence-corrected chi connectivity index (χ4v) is 1.28. The van der Waals surface area contributed by atoms with Crippen LogP contribution in [-0.2, 0) is 0 Å². The summed E-state index contributed by atoms with van der Waals surface area (Å²) in [6.45, 7) is 3.75. The van der Waals surface area contributed by atoms with E-state index in [0.717, 1.165) is 0 Å². The van der Waals surface area contributed by atoms with E-state index in [1.54, 1.807) is 0 Å². The second kappa shape index (κ2) is 4.60. The van der Waals surface area contributed by atoms with Gasteiger partial charge in [-0.25, -0.2) is 0 Å². The summed E-state index contributed by atoms with van der Waals surface area (Å²) in [7, 11) is 0. The highest BCUT2D eigenvalue weighted by atomic mass is 16.1. The Bertz CT molecular complexity index is 359. The van der Waals surface area contributed by atoms with Crippen LogP contribution >= 0.6 is 0 Å². The van der Waals surface area contributed by atoms with Crippen molar-refractivity contribution in [2.75, 3.05) is 0 Å². The van der Waals surface area contributed by atoms with Gasteiger partial charge in [0.25, 0.3) is 5.91 Å². The maximum absolute atomic E-state index is 11.7. The first-order chi connectivity index (χ1) is 7.17. The lowest BCUT2D eigenvalue weighted by Gasteiger charge is -2.24. The van der Waals surface area contributed by atoms with Crippen LogP contribution in [0.25, 0.3) is 0 Å². The summed E-state index contributed by atoms with van der Waals surface area (Å²) in [5.74, 6) is -0.269. The van der Waals surface area contributed by atoms with Crippen molar-refractivity contribution in [2.45, 2.75) is 32.2 Å². The Balaban J connectivity index is 2.77. The molecule has 5 nitrogen and oxygen atoms in total. The zero-order valence-electron chi connectivity index (χ0n) is 8.87. The van der Waals surface area contributed by atoms with Crippen LogP contribution in [-0.4, -0.2) is 21.6 Å². The van der Waals surface area contributed by atoms with E-state index in [4.69, 9.17) is 5.26 Å². The molecule has 1 aromatic heterocycles. The maximum Gasteiger partial charge on any atom is 0.255 e. The molecule has 1 amide bonds. The van der Waals surface area contributed by atoms with E-state index in [2.05, 4.69) is 21.6 Å². The van der Waals surface area contributed by atoms with Crippen LogP contribution in [0.2, 0.25) is 0 Å². The number of H-pyrrole nitrogens is 1. The zero-order valence-corrected chi connectivity index (χ0v) is 8.87. The number of aromatic amines is 1. The van der Waals surface area contributed by atoms with Gasteiger partial charge in [-0.1, -0.05) is 13.8 Å². The molecule has 0 spiro atoms. The third-order valence-corrected chi connectivity index (χ3v) is 2.53. The zero-order chi connectivity index (χ0) is 11.3. The smallest absolute Gasteiger partial charge is 0.255 e. The number of rotatable bonds is 4. The molecule has 0 atom stereocenters. The number of aromatic nitrogens is 2. The third kappa shape index (κ3) is 2.34. The quantitative estimate of drug-likeness (QED) is 0.777. The van der Waals surface area contributed by atoms with Gasteiger partial charge in [0.2, 0.25) is 0 Å². The molecule has 0 aliphatic rings. The van der Waals surface area contributed by atoms with Crippen molar-refractivity contribution in [1.82, 2.24) is 15.5 Å². The number of carbonyl (C=O) groups is 1. The van der Waals surface area contributed by atoms with Gasteiger partial charge in [0, 0.05) is 6.20 Å². The normalized spacial score (nSPS) is 10.7. The Hall–Kier alpha value is -1.83. The molecule has 0 unspecified atom stereocenters. The molecule has 15 heavy (non-hydrogen) atoms. The highest BCUT2D eigenvalue weighted by Gasteiger charge is 2.28. The van der Waals surface area contributed by atoms with Crippen molar-refractivity contribution in [3.05, 3.63) is 18.0 Å². The van der Waals surface area contributed by atoms with E-state index in [-0.39, 0.29) is 5.91 Å². The topological polar surface area (TPSA) is 81.6 Å². The standard InChI is InChI=1S/C10H14N4O/c1-3-10(4-2,7-11)14-9(15)8-5-12-13-6-8/h5-6H,3-4H2,1-2H3,(H,12,13)(H,14,15). The fraction of sp³-hybridized carbons (Fsp3) is 0.500. The van der Waals surface area contributed by atoms with E-state index in [9.17, 15) is 4.79 Å². The van der Waals surface area contributed by atoms with Gasteiger partial charge in [0.05, 0.1) is 17.8 Å². The van der Waals surface area contributed by atoms with Gasteiger partial charge in [0.15, 0.2) is 0 Å². The molecule has 5 heteroatoms. The molecular formula is C10H14N4O. The molecular weight excluding hydrogens is 192 g/mol. The number of hydrogen-bond donors (Lipinski definition) is 2. The molecule has 2 N–H and O–H groups in total. The first-order valence-corrected chi connectivity index (χ1v) is 4.90. The molecule has 1 aromatic rings. The van der Waals surface area contributed by atoms with Crippen molar-refractivity contribution < 1.29 is 4.79 Å². The van der Waals surface area contributed by atoms with Gasteiger partial charge in [-0.05, 0) is 12.8 Å². The van der Waals surface area contributed by atoms with E-state index in [1.807, 2.05) is 13.8 Å². The third-order valence-electron chi connectivity index (χ3n) is 2.53. The van der Waals surface area contributed by atoms with Gasteiger partial charge in [-0.2, -0.15) is 10.4 Å². The molecule has 0 aliphatic heterocycles. The minimum absolute atomic E-state index is 0.269. The Labute approximate surface area is 88.5 Å². The highest BCUT2D eigenvalue weighted by molar-refractivity contribution is 5.94. The summed E-state index contributed by atoms with van der Waals surface area (Å²) in [5.41, 5.74) is -0.328. The highest BCUT2D eigenvalue weighted by Crippen LogP contribution is 2.14. The molecule has 0 aliphatic carbocycles. The van der Waals surface area contributed by atoms with Crippen molar-refractivity contribution in [2.24, 2.45) is 0 Å². The molecule has 0 fully saturated rings. The lowest BCUT2D eigenvalue weighted by molar-refractivity contribution is 0.0915. The van der Waals surface area contributed by atoms with Gasteiger partial charge in [-0.3, -0.25) is 9.89 Å². The van der Waals surface area contributed by atoms with Crippen LogP contribution in [0.1, 0.15) is 37.0 Å². The Morgan fingerprint density at radius 3 is 2.73 bits per heavy atom. The van der Waals surface area contributed by atoms with E-state index in [0.29, 0.717) is 18.4 Å². The molecule has 0 aromatic carbocycles. The summed E-state index contributed by atoms with van der Waals surface area (Å²) < 4.78 is 0. The lowest BCUT2D eigenvalue weighted by atomic mass is 9.94. The number of hydrogen-bond acceptors (Lipinski definition) is 3. The van der Waals surface area contributed by atoms with Gasteiger partial charge in [-0.15, -0.1) is 0 Å². The average Bonchev–Trinajstić information content (AvgIpc) is 2.79. The van der Waals surface area contributed by atoms with Crippen LogP contribution in [0.4, 0.5) is 0 Å². The average molecular weight is 206 g/mol. The number of nitrogens with zero attached hydrogens (tertiary/aromatic N) is 2. The van der Waals surface area contributed by atoms with Crippen LogP contribution in [0.15, 0.2) is 12.4 Å². The van der Waals surface area contributed by atoms with Crippen molar-refractivity contribution in [1.29, 1.82) is 5.26 Å². The number of amides is 1. The van der Waals surface area contributed by atoms with Crippen LogP contribution in [0.5, 0.6) is 0 Å². The second-order valence-electron chi connectivity index (χ2n) is 3.34. The molecule has 1 rings (SSSR count). The van der Waals surface area contributed by atoms with Gasteiger partial charge >= 0.3 is 0 Å². The van der Waals surface area contributed by atoms with Crippen molar-refractivity contribution in [3.8, 4) is 6.07 Å². The first-order valence-electron chi connectivity index (χ1n) is 4.90. The Morgan fingerprint density at radius 1 is 1.67 bits per heavy atom. The van der Waals surface area contributed by atoms with Crippen LogP contribution in [0.3, 0.4) is 0 Å². The van der Waals surface area contributed by atoms with Gasteiger partial charge < -0.3 is 5.32 Å². The number of carbonyl (C=O) groups excluding carboxylic acids is 1. The van der Waals surface area contributed by atoms with Crippen molar-refractivity contribution >= 4 is 5.91 Å². The molecule has 0 saturated heterocycles. The fourth-order valence-electron chi connectivity index (χ4n) is 1.28. The molecule has 80 valence electrons. The Kier molecular flexibility index (Phi) is 3.45. The molecule has 0 bridgehead atoms. The summed E-state index contributed by atoms with van der Waals surface area (Å²) in [6.07, 6.45) is 4.11. The summed E-state index contributed by atoms with van der Waals surface area (Å²) >= 11 is 0. The summed E-state index contributed by atoms with van der Waals surface area (Å²) in [6, 6.07) is 2.15. The van der Waals surface area contributed by atoms with Gasteiger partial charge in [0.1, 0.15) is 5.54 Å². The summed E-state index contributed by atoms with van der Waals surface area (Å²) in [5, 5.41) is 18.0. The monoisotopic (exact) mass is 206 g/mol. The Morgan fingerprint density at radius 2 is 2.33 bits per heavy atom. The van der Waals surface area contributed by atoms with Crippen LogP contribution in [0, 0.1) is 11.3 Å². The number of nitrogens with one attached hydrogen (secondary N) is 2. The lowest BCUT2D eigenvalue weighted by Crippen LogP contribution is -2.46. The molecule has 0 saturated carbocycles. The first kappa shape index (κ1) is 11.2. The molecule has 1 heterocycles. The number of nitriles is 1. The minimum atomic E-state index is -0.769. The maximum atomic E-state index is 11.7. The van der Waals surface area contributed by atoms with E-state index in [1.165, 1.54) is 12.4 Å². The predicted molar refractivity (Wildman–Crippen MR) is 55.0 cm³/mol. The van der Waals surface area contributed by atoms with E-state index >= 15 is 0 Å².